The first kappa shape index (κ1) is 14.4. The molecule has 0 aliphatic heterocycles. The van der Waals surface area contributed by atoms with Crippen molar-refractivity contribution in [3.05, 3.63) is 0 Å². The highest BCUT2D eigenvalue weighted by Gasteiger charge is 2.18. The predicted molar refractivity (Wildman–Crippen MR) is 63.4 cm³/mol. The smallest absolute Gasteiger partial charge is 0.238 e. The van der Waals surface area contributed by atoms with Crippen LogP contribution in [0.2, 0.25) is 0 Å². The molecular weight excluding hydrogens is 190 g/mol. The zero-order chi connectivity index (χ0) is 12.0. The summed E-state index contributed by atoms with van der Waals surface area (Å²) in [6.07, 6.45) is 0.550. The molecule has 4 heteroatoms. The number of carbonyl (C=O) groups excluding carboxylic acids is 1. The van der Waals surface area contributed by atoms with Gasteiger partial charge in [-0.3, -0.25) is 9.80 Å². The summed E-state index contributed by atoms with van der Waals surface area (Å²) >= 11 is 0. The Kier molecular flexibility index (Phi) is 6.52. The van der Waals surface area contributed by atoms with Gasteiger partial charge in [-0.25, -0.2) is 5.01 Å². The molecule has 0 radical (unpaired) electrons. The van der Waals surface area contributed by atoms with Crippen molar-refractivity contribution < 1.29 is 4.79 Å². The van der Waals surface area contributed by atoms with E-state index in [1.807, 2.05) is 33.0 Å². The Morgan fingerprint density at radius 2 is 1.73 bits per heavy atom. The molecule has 4 nitrogen and oxygen atoms in total. The number of nitrogens with zero attached hydrogens (tertiary/aromatic N) is 2. The van der Waals surface area contributed by atoms with Gasteiger partial charge in [-0.15, -0.1) is 0 Å². The van der Waals surface area contributed by atoms with Crippen LogP contribution in [0.3, 0.4) is 0 Å². The molecule has 0 fully saturated rings. The Labute approximate surface area is 93.6 Å². The van der Waals surface area contributed by atoms with Gasteiger partial charge in [0.25, 0.3) is 0 Å². The number of hydrogen-bond acceptors (Lipinski definition) is 3. The average molecular weight is 215 g/mol. The molecule has 0 aromatic rings. The summed E-state index contributed by atoms with van der Waals surface area (Å²) in [6.45, 7) is 8.95. The Morgan fingerprint density at radius 3 is 2.07 bits per heavy atom. The molecule has 0 spiro atoms. The van der Waals surface area contributed by atoms with Gasteiger partial charge in [0, 0.05) is 39.1 Å². The summed E-state index contributed by atoms with van der Waals surface area (Å²) in [6, 6.07) is 0.649. The normalized spacial score (nSPS) is 11.5. The lowest BCUT2D eigenvalue weighted by atomic mass is 10.3. The lowest BCUT2D eigenvalue weighted by Gasteiger charge is -2.32. The molecule has 0 heterocycles. The van der Waals surface area contributed by atoms with Gasteiger partial charge in [-0.2, -0.15) is 0 Å². The van der Waals surface area contributed by atoms with Gasteiger partial charge in [0.05, 0.1) is 0 Å². The number of hydrazine groups is 1. The second kappa shape index (κ2) is 6.80. The van der Waals surface area contributed by atoms with Crippen molar-refractivity contribution in [2.75, 3.05) is 20.6 Å². The first-order chi connectivity index (χ1) is 6.86. The Hall–Kier alpha value is -0.610. The van der Waals surface area contributed by atoms with Crippen molar-refractivity contribution in [1.82, 2.24) is 15.3 Å². The van der Waals surface area contributed by atoms with Gasteiger partial charge < -0.3 is 5.32 Å². The van der Waals surface area contributed by atoms with Crippen molar-refractivity contribution in [2.45, 2.75) is 46.2 Å². The quantitative estimate of drug-likeness (QED) is 0.674. The van der Waals surface area contributed by atoms with Gasteiger partial charge in [0.15, 0.2) is 0 Å². The van der Waals surface area contributed by atoms with Crippen molar-refractivity contribution >= 4 is 5.91 Å². The van der Waals surface area contributed by atoms with Crippen LogP contribution < -0.4 is 5.32 Å². The van der Waals surface area contributed by atoms with E-state index >= 15 is 0 Å². The third-order valence-corrected chi connectivity index (χ3v) is 2.07. The van der Waals surface area contributed by atoms with E-state index in [4.69, 9.17) is 0 Å². The topological polar surface area (TPSA) is 35.6 Å². The van der Waals surface area contributed by atoms with Crippen LogP contribution in [0.15, 0.2) is 0 Å². The Balaban J connectivity index is 4.04. The summed E-state index contributed by atoms with van der Waals surface area (Å²) < 4.78 is 0. The SMILES string of the molecule is CC(C)NCCC(=O)N(C(C)C)N(C)C. The minimum absolute atomic E-state index is 0.170. The molecule has 90 valence electrons. The van der Waals surface area contributed by atoms with E-state index < -0.39 is 0 Å². The molecular formula is C11H25N3O. The third kappa shape index (κ3) is 5.74. The Morgan fingerprint density at radius 1 is 1.20 bits per heavy atom. The fraction of sp³-hybridized carbons (Fsp3) is 0.909. The van der Waals surface area contributed by atoms with Crippen molar-refractivity contribution in [2.24, 2.45) is 0 Å². The van der Waals surface area contributed by atoms with E-state index in [-0.39, 0.29) is 11.9 Å². The summed E-state index contributed by atoms with van der Waals surface area (Å²) in [5.41, 5.74) is 0. The molecule has 0 rings (SSSR count). The minimum atomic E-state index is 0.170. The second-order valence-electron chi connectivity index (χ2n) is 4.54. The highest BCUT2D eigenvalue weighted by atomic mass is 16.2. The fourth-order valence-corrected chi connectivity index (χ4v) is 1.56. The highest BCUT2D eigenvalue weighted by Crippen LogP contribution is 2.03. The first-order valence-electron chi connectivity index (χ1n) is 5.59. The van der Waals surface area contributed by atoms with E-state index in [1.54, 1.807) is 5.01 Å². The largest absolute Gasteiger partial charge is 0.314 e. The molecule has 15 heavy (non-hydrogen) atoms. The van der Waals surface area contributed by atoms with Crippen LogP contribution >= 0.6 is 0 Å². The molecule has 0 unspecified atom stereocenters. The fourth-order valence-electron chi connectivity index (χ4n) is 1.56. The van der Waals surface area contributed by atoms with Crippen LogP contribution in [0.1, 0.15) is 34.1 Å². The molecule has 0 aliphatic rings. The Bertz CT molecular complexity index is 182. The number of nitrogens with one attached hydrogen (secondary N) is 1. The number of hydrogen-bond donors (Lipinski definition) is 1. The van der Waals surface area contributed by atoms with Gasteiger partial charge in [0.2, 0.25) is 5.91 Å². The van der Waals surface area contributed by atoms with E-state index in [0.29, 0.717) is 12.5 Å². The van der Waals surface area contributed by atoms with Crippen LogP contribution in [0.5, 0.6) is 0 Å². The monoisotopic (exact) mass is 215 g/mol. The van der Waals surface area contributed by atoms with Gasteiger partial charge in [0.1, 0.15) is 0 Å². The highest BCUT2D eigenvalue weighted by molar-refractivity contribution is 5.76. The lowest BCUT2D eigenvalue weighted by Crippen LogP contribution is -2.47. The van der Waals surface area contributed by atoms with Crippen molar-refractivity contribution in [3.63, 3.8) is 0 Å². The first-order valence-corrected chi connectivity index (χ1v) is 5.59. The average Bonchev–Trinajstić information content (AvgIpc) is 2.01. The maximum Gasteiger partial charge on any atom is 0.238 e. The predicted octanol–water partition coefficient (Wildman–Crippen LogP) is 1.09. The van der Waals surface area contributed by atoms with Crippen LogP contribution in [0, 0.1) is 0 Å². The molecule has 0 saturated carbocycles. The number of carbonyl (C=O) groups is 1. The molecule has 0 aromatic carbocycles. The maximum atomic E-state index is 11.9. The van der Waals surface area contributed by atoms with Crippen molar-refractivity contribution in [1.29, 1.82) is 0 Å². The molecule has 0 bridgehead atoms. The summed E-state index contributed by atoms with van der Waals surface area (Å²) in [5.74, 6) is 0.170. The lowest BCUT2D eigenvalue weighted by molar-refractivity contribution is -0.148. The van der Waals surface area contributed by atoms with E-state index in [2.05, 4.69) is 19.2 Å². The molecule has 0 aromatic heterocycles. The van der Waals surface area contributed by atoms with E-state index in [9.17, 15) is 4.79 Å². The van der Waals surface area contributed by atoms with E-state index in [0.717, 1.165) is 6.54 Å². The number of rotatable bonds is 6. The van der Waals surface area contributed by atoms with E-state index in [1.165, 1.54) is 0 Å². The van der Waals surface area contributed by atoms with Crippen molar-refractivity contribution in [3.8, 4) is 0 Å². The van der Waals surface area contributed by atoms with Crippen LogP contribution in [0.4, 0.5) is 0 Å². The summed E-state index contributed by atoms with van der Waals surface area (Å²) in [5, 5.41) is 6.87. The van der Waals surface area contributed by atoms with Gasteiger partial charge in [-0.05, 0) is 13.8 Å². The number of amides is 1. The minimum Gasteiger partial charge on any atom is -0.314 e. The zero-order valence-electron chi connectivity index (χ0n) is 10.9. The summed E-state index contributed by atoms with van der Waals surface area (Å²) in [7, 11) is 3.79. The standard InChI is InChI=1S/C11H25N3O/c1-9(2)12-8-7-11(15)14(10(3)4)13(5)6/h9-10,12H,7-8H2,1-6H3. The molecule has 1 N–H and O–H groups in total. The second-order valence-corrected chi connectivity index (χ2v) is 4.54. The van der Waals surface area contributed by atoms with Crippen LogP contribution in [-0.2, 0) is 4.79 Å². The van der Waals surface area contributed by atoms with Gasteiger partial charge >= 0.3 is 0 Å². The third-order valence-electron chi connectivity index (χ3n) is 2.07. The van der Waals surface area contributed by atoms with Crippen LogP contribution in [0.25, 0.3) is 0 Å². The summed E-state index contributed by atoms with van der Waals surface area (Å²) in [4.78, 5) is 11.9. The van der Waals surface area contributed by atoms with Gasteiger partial charge in [-0.1, -0.05) is 13.8 Å². The maximum absolute atomic E-state index is 11.9. The molecule has 0 atom stereocenters. The molecule has 0 saturated heterocycles. The molecule has 0 aliphatic carbocycles. The van der Waals surface area contributed by atoms with Crippen LogP contribution in [-0.4, -0.2) is 48.6 Å². The molecule has 1 amide bonds. The zero-order valence-corrected chi connectivity index (χ0v) is 10.9.